The second kappa shape index (κ2) is 8.00. The van der Waals surface area contributed by atoms with E-state index in [1.54, 1.807) is 7.11 Å². The van der Waals surface area contributed by atoms with E-state index in [4.69, 9.17) is 4.74 Å². The first-order valence-electron chi connectivity index (χ1n) is 7.62. The molecule has 1 aliphatic heterocycles. The Morgan fingerprint density at radius 3 is 2.76 bits per heavy atom. The quantitative estimate of drug-likeness (QED) is 0.838. The number of carbonyl (C=O) groups excluding carboxylic acids is 1. The number of benzene rings is 1. The molecular formula is C16H25N3O2. The minimum atomic E-state index is 0.0138. The molecule has 0 aromatic heterocycles. The lowest BCUT2D eigenvalue weighted by molar-refractivity contribution is -0.118. The first kappa shape index (κ1) is 15.8. The van der Waals surface area contributed by atoms with Crippen molar-refractivity contribution < 1.29 is 9.53 Å². The number of amides is 1. The molecule has 1 aliphatic rings. The average molecular weight is 291 g/mol. The van der Waals surface area contributed by atoms with E-state index in [-0.39, 0.29) is 5.91 Å². The van der Waals surface area contributed by atoms with Crippen LogP contribution in [0.15, 0.2) is 24.3 Å². The summed E-state index contributed by atoms with van der Waals surface area (Å²) in [6.45, 7) is 5.51. The van der Waals surface area contributed by atoms with Gasteiger partial charge in [-0.05, 0) is 44.6 Å². The zero-order valence-electron chi connectivity index (χ0n) is 12.9. The number of anilines is 1. The Kier molecular flexibility index (Phi) is 6.02. The molecule has 0 aliphatic carbocycles. The highest BCUT2D eigenvalue weighted by Crippen LogP contribution is 2.23. The van der Waals surface area contributed by atoms with E-state index in [0.717, 1.165) is 38.2 Å². The number of para-hydroxylation sites is 2. The van der Waals surface area contributed by atoms with Gasteiger partial charge in [0.1, 0.15) is 5.75 Å². The number of likely N-dealkylation sites (N-methyl/N-ethyl adjacent to an activating group) is 1. The van der Waals surface area contributed by atoms with Crippen molar-refractivity contribution >= 4 is 11.6 Å². The van der Waals surface area contributed by atoms with Gasteiger partial charge in [0.25, 0.3) is 0 Å². The number of nitrogens with zero attached hydrogens (tertiary/aromatic N) is 1. The molecule has 5 nitrogen and oxygen atoms in total. The van der Waals surface area contributed by atoms with E-state index in [1.807, 2.05) is 24.3 Å². The van der Waals surface area contributed by atoms with E-state index in [1.165, 1.54) is 0 Å². The Morgan fingerprint density at radius 2 is 2.10 bits per heavy atom. The van der Waals surface area contributed by atoms with Crippen molar-refractivity contribution in [3.8, 4) is 5.75 Å². The van der Waals surface area contributed by atoms with Crippen molar-refractivity contribution in [1.82, 2.24) is 10.2 Å². The molecule has 0 radical (unpaired) electrons. The Labute approximate surface area is 126 Å². The minimum Gasteiger partial charge on any atom is -0.495 e. The van der Waals surface area contributed by atoms with Gasteiger partial charge in [0.2, 0.25) is 5.91 Å². The number of nitrogens with one attached hydrogen (secondary N) is 2. The lowest BCUT2D eigenvalue weighted by Gasteiger charge is -2.33. The number of carbonyl (C=O) groups is 1. The third-order valence-corrected chi connectivity index (χ3v) is 3.96. The van der Waals surface area contributed by atoms with Gasteiger partial charge in [-0.15, -0.1) is 0 Å². The molecule has 1 aromatic carbocycles. The van der Waals surface area contributed by atoms with Crippen LogP contribution in [0.1, 0.15) is 19.8 Å². The third-order valence-electron chi connectivity index (χ3n) is 3.96. The summed E-state index contributed by atoms with van der Waals surface area (Å²) in [7, 11) is 1.61. The highest BCUT2D eigenvalue weighted by atomic mass is 16.5. The summed E-state index contributed by atoms with van der Waals surface area (Å²) >= 11 is 0. The molecule has 2 rings (SSSR count). The average Bonchev–Trinajstić information content (AvgIpc) is 2.54. The maximum absolute atomic E-state index is 12.3. The van der Waals surface area contributed by atoms with Crippen LogP contribution < -0.4 is 15.4 Å². The summed E-state index contributed by atoms with van der Waals surface area (Å²) in [5.41, 5.74) is 0.728. The Balaban J connectivity index is 1.93. The predicted molar refractivity (Wildman–Crippen MR) is 84.8 cm³/mol. The molecule has 0 saturated carbocycles. The van der Waals surface area contributed by atoms with E-state index in [0.29, 0.717) is 18.3 Å². The maximum Gasteiger partial charge on any atom is 0.238 e. The Bertz CT molecular complexity index is 459. The second-order valence-electron chi connectivity index (χ2n) is 5.29. The fourth-order valence-electron chi connectivity index (χ4n) is 2.79. The van der Waals surface area contributed by atoms with Crippen molar-refractivity contribution in [2.75, 3.05) is 38.6 Å². The number of piperidine rings is 1. The van der Waals surface area contributed by atoms with Crippen LogP contribution in [0, 0.1) is 0 Å². The fourth-order valence-corrected chi connectivity index (χ4v) is 2.79. The molecule has 5 heteroatoms. The predicted octanol–water partition coefficient (Wildman–Crippen LogP) is 1.71. The van der Waals surface area contributed by atoms with E-state index in [9.17, 15) is 4.79 Å². The Hall–Kier alpha value is -1.59. The summed E-state index contributed by atoms with van der Waals surface area (Å²) in [5, 5.41) is 6.30. The monoisotopic (exact) mass is 291 g/mol. The largest absolute Gasteiger partial charge is 0.495 e. The zero-order chi connectivity index (χ0) is 15.1. The topological polar surface area (TPSA) is 53.6 Å². The number of methoxy groups -OCH3 is 1. The molecule has 1 saturated heterocycles. The summed E-state index contributed by atoms with van der Waals surface area (Å²) < 4.78 is 5.26. The van der Waals surface area contributed by atoms with Gasteiger partial charge >= 0.3 is 0 Å². The maximum atomic E-state index is 12.3. The molecule has 0 unspecified atom stereocenters. The summed E-state index contributed by atoms with van der Waals surface area (Å²) in [6.07, 6.45) is 2.21. The normalized spacial score (nSPS) is 16.0. The van der Waals surface area contributed by atoms with Crippen LogP contribution in [0.4, 0.5) is 5.69 Å². The number of rotatable bonds is 6. The van der Waals surface area contributed by atoms with Gasteiger partial charge in [-0.25, -0.2) is 0 Å². The summed E-state index contributed by atoms with van der Waals surface area (Å²) in [5.74, 6) is 0.704. The Morgan fingerprint density at radius 1 is 1.38 bits per heavy atom. The standard InChI is InChI=1S/C16H25N3O2/c1-3-19(13-8-10-17-11-9-13)12-16(20)18-14-6-4-5-7-15(14)21-2/h4-7,13,17H,3,8-12H2,1-2H3,(H,18,20). The molecule has 1 aromatic rings. The van der Waals surface area contributed by atoms with Crippen LogP contribution in [0.2, 0.25) is 0 Å². The van der Waals surface area contributed by atoms with Crippen molar-refractivity contribution in [3.05, 3.63) is 24.3 Å². The van der Waals surface area contributed by atoms with Gasteiger partial charge in [0.05, 0.1) is 19.3 Å². The van der Waals surface area contributed by atoms with E-state index < -0.39 is 0 Å². The molecule has 116 valence electrons. The highest BCUT2D eigenvalue weighted by molar-refractivity contribution is 5.93. The number of hydrogen-bond acceptors (Lipinski definition) is 4. The molecule has 0 spiro atoms. The smallest absolute Gasteiger partial charge is 0.238 e. The molecule has 1 amide bonds. The molecule has 1 heterocycles. The van der Waals surface area contributed by atoms with Crippen LogP contribution in [0.5, 0.6) is 5.75 Å². The van der Waals surface area contributed by atoms with Gasteiger partial charge in [-0.2, -0.15) is 0 Å². The lowest BCUT2D eigenvalue weighted by Crippen LogP contribution is -2.46. The van der Waals surface area contributed by atoms with Crippen molar-refractivity contribution in [2.45, 2.75) is 25.8 Å². The van der Waals surface area contributed by atoms with Gasteiger partial charge in [0, 0.05) is 6.04 Å². The summed E-state index contributed by atoms with van der Waals surface area (Å²) in [6, 6.07) is 7.99. The van der Waals surface area contributed by atoms with Gasteiger partial charge in [-0.3, -0.25) is 9.69 Å². The summed E-state index contributed by atoms with van der Waals surface area (Å²) in [4.78, 5) is 14.5. The van der Waals surface area contributed by atoms with Crippen LogP contribution in [0.25, 0.3) is 0 Å². The minimum absolute atomic E-state index is 0.0138. The van der Waals surface area contributed by atoms with Gasteiger partial charge in [0.15, 0.2) is 0 Å². The molecule has 2 N–H and O–H groups in total. The first-order valence-corrected chi connectivity index (χ1v) is 7.62. The molecular weight excluding hydrogens is 266 g/mol. The van der Waals surface area contributed by atoms with Crippen LogP contribution in [0.3, 0.4) is 0 Å². The molecule has 0 atom stereocenters. The van der Waals surface area contributed by atoms with Crippen molar-refractivity contribution in [2.24, 2.45) is 0 Å². The van der Waals surface area contributed by atoms with Crippen LogP contribution in [-0.4, -0.2) is 50.1 Å². The lowest BCUT2D eigenvalue weighted by atomic mass is 10.0. The highest BCUT2D eigenvalue weighted by Gasteiger charge is 2.21. The van der Waals surface area contributed by atoms with Crippen molar-refractivity contribution in [3.63, 3.8) is 0 Å². The fraction of sp³-hybridized carbons (Fsp3) is 0.562. The molecule has 1 fully saturated rings. The zero-order valence-corrected chi connectivity index (χ0v) is 12.9. The molecule has 0 bridgehead atoms. The van der Waals surface area contributed by atoms with E-state index in [2.05, 4.69) is 22.5 Å². The van der Waals surface area contributed by atoms with Gasteiger partial charge < -0.3 is 15.4 Å². The van der Waals surface area contributed by atoms with Gasteiger partial charge in [-0.1, -0.05) is 19.1 Å². The second-order valence-corrected chi connectivity index (χ2v) is 5.29. The van der Waals surface area contributed by atoms with E-state index >= 15 is 0 Å². The third kappa shape index (κ3) is 4.44. The number of hydrogen-bond donors (Lipinski definition) is 2. The molecule has 21 heavy (non-hydrogen) atoms. The van der Waals surface area contributed by atoms with Crippen molar-refractivity contribution in [1.29, 1.82) is 0 Å². The van der Waals surface area contributed by atoms with Crippen LogP contribution >= 0.6 is 0 Å². The number of ether oxygens (including phenoxy) is 1. The first-order chi connectivity index (χ1) is 10.2. The van der Waals surface area contributed by atoms with Crippen LogP contribution in [-0.2, 0) is 4.79 Å². The SMILES string of the molecule is CCN(CC(=O)Nc1ccccc1OC)C1CCNCC1.